The number of aliphatic hydroxyl groups excluding tert-OH is 1. The summed E-state index contributed by atoms with van der Waals surface area (Å²) in [6.07, 6.45) is 3.07. The summed E-state index contributed by atoms with van der Waals surface area (Å²) in [5.41, 5.74) is 2.65. The molecule has 2 aromatic carbocycles. The Balaban J connectivity index is 1.66. The number of anilines is 1. The normalized spacial score (nSPS) is 11.8. The Morgan fingerprint density at radius 2 is 1.89 bits per heavy atom. The van der Waals surface area contributed by atoms with Crippen LogP contribution in [0.1, 0.15) is 31.4 Å². The quantitative estimate of drug-likeness (QED) is 0.549. The number of aliphatic hydroxyl groups is 1. The first-order valence-corrected chi connectivity index (χ1v) is 9.28. The van der Waals surface area contributed by atoms with Crippen LogP contribution in [0.15, 0.2) is 67.0 Å². The molecule has 27 heavy (non-hydrogen) atoms. The van der Waals surface area contributed by atoms with Crippen molar-refractivity contribution < 1.29 is 9.84 Å². The second kappa shape index (κ2) is 9.69. The molecule has 0 fully saturated rings. The lowest BCUT2D eigenvalue weighted by molar-refractivity contribution is 0.191. The largest absolute Gasteiger partial charge is 0.494 e. The molecule has 0 radical (unpaired) electrons. The van der Waals surface area contributed by atoms with Crippen LogP contribution in [0.4, 0.5) is 5.82 Å². The van der Waals surface area contributed by atoms with Crippen molar-refractivity contribution in [3.05, 3.63) is 72.6 Å². The molecule has 1 atom stereocenters. The highest BCUT2D eigenvalue weighted by Gasteiger charge is 2.08. The average molecular weight is 363 g/mol. The number of aromatic nitrogens is 2. The van der Waals surface area contributed by atoms with Crippen LogP contribution in [-0.2, 0) is 0 Å². The zero-order chi connectivity index (χ0) is 18.9. The Kier molecular flexibility index (Phi) is 6.77. The fourth-order valence-corrected chi connectivity index (χ4v) is 2.69. The molecule has 0 saturated heterocycles. The van der Waals surface area contributed by atoms with Gasteiger partial charge in [0.2, 0.25) is 0 Å². The van der Waals surface area contributed by atoms with E-state index in [2.05, 4.69) is 22.2 Å². The molecular formula is C22H25N3O2. The molecule has 3 rings (SSSR count). The second-order valence-corrected chi connectivity index (χ2v) is 6.33. The van der Waals surface area contributed by atoms with Gasteiger partial charge in [0.25, 0.3) is 0 Å². The molecule has 0 amide bonds. The van der Waals surface area contributed by atoms with Gasteiger partial charge in [-0.05, 0) is 24.1 Å². The van der Waals surface area contributed by atoms with Gasteiger partial charge in [-0.25, -0.2) is 9.97 Å². The lowest BCUT2D eigenvalue weighted by Gasteiger charge is -2.13. The molecule has 140 valence electrons. The monoisotopic (exact) mass is 363 g/mol. The Morgan fingerprint density at radius 3 is 2.70 bits per heavy atom. The van der Waals surface area contributed by atoms with E-state index in [9.17, 15) is 5.11 Å². The summed E-state index contributed by atoms with van der Waals surface area (Å²) in [5.74, 6) is 1.51. The van der Waals surface area contributed by atoms with Gasteiger partial charge in [-0.3, -0.25) is 0 Å². The maximum atomic E-state index is 10.3. The number of ether oxygens (including phenoxy) is 1. The van der Waals surface area contributed by atoms with Gasteiger partial charge in [-0.1, -0.05) is 55.8 Å². The van der Waals surface area contributed by atoms with Crippen LogP contribution in [0.25, 0.3) is 11.3 Å². The molecule has 2 N–H and O–H groups in total. The summed E-state index contributed by atoms with van der Waals surface area (Å²) in [5, 5.41) is 13.5. The Morgan fingerprint density at radius 1 is 1.04 bits per heavy atom. The standard InChI is InChI=1S/C22H25N3O2/c1-2-3-12-27-19-11-7-10-18(13-19)20-14-22(25-16-24-20)23-15-21(26)17-8-5-4-6-9-17/h4-11,13-14,16,21,26H,2-3,12,15H2,1H3,(H,23,24,25). The molecule has 5 heteroatoms. The van der Waals surface area contributed by atoms with Gasteiger partial charge in [0.05, 0.1) is 18.4 Å². The van der Waals surface area contributed by atoms with E-state index in [0.29, 0.717) is 19.0 Å². The third-order valence-electron chi connectivity index (χ3n) is 4.22. The van der Waals surface area contributed by atoms with Crippen molar-refractivity contribution in [1.29, 1.82) is 0 Å². The van der Waals surface area contributed by atoms with Gasteiger partial charge in [-0.15, -0.1) is 0 Å². The highest BCUT2D eigenvalue weighted by Crippen LogP contribution is 2.24. The number of unbranched alkanes of at least 4 members (excludes halogenated alkanes) is 1. The zero-order valence-electron chi connectivity index (χ0n) is 15.5. The predicted molar refractivity (Wildman–Crippen MR) is 108 cm³/mol. The number of benzene rings is 2. The summed E-state index contributed by atoms with van der Waals surface area (Å²) in [7, 11) is 0. The summed E-state index contributed by atoms with van der Waals surface area (Å²) in [6, 6.07) is 19.3. The van der Waals surface area contributed by atoms with Gasteiger partial charge < -0.3 is 15.2 Å². The van der Waals surface area contributed by atoms with Crippen LogP contribution in [0.5, 0.6) is 5.75 Å². The van der Waals surface area contributed by atoms with Crippen LogP contribution in [0, 0.1) is 0 Å². The molecule has 0 aliphatic carbocycles. The zero-order valence-corrected chi connectivity index (χ0v) is 15.5. The fraction of sp³-hybridized carbons (Fsp3) is 0.273. The van der Waals surface area contributed by atoms with Crippen molar-refractivity contribution in [2.24, 2.45) is 0 Å². The van der Waals surface area contributed by atoms with Gasteiger partial charge in [0, 0.05) is 18.2 Å². The Hall–Kier alpha value is -2.92. The lowest BCUT2D eigenvalue weighted by atomic mass is 10.1. The minimum atomic E-state index is -0.597. The lowest BCUT2D eigenvalue weighted by Crippen LogP contribution is -2.13. The van der Waals surface area contributed by atoms with E-state index in [1.807, 2.05) is 60.7 Å². The molecule has 5 nitrogen and oxygen atoms in total. The summed E-state index contributed by atoms with van der Waals surface area (Å²) in [4.78, 5) is 8.61. The number of rotatable bonds is 9. The van der Waals surface area contributed by atoms with Crippen molar-refractivity contribution in [2.75, 3.05) is 18.5 Å². The smallest absolute Gasteiger partial charge is 0.130 e. The number of nitrogens with zero attached hydrogens (tertiary/aromatic N) is 2. The topological polar surface area (TPSA) is 67.3 Å². The first-order chi connectivity index (χ1) is 13.3. The third-order valence-corrected chi connectivity index (χ3v) is 4.22. The second-order valence-electron chi connectivity index (χ2n) is 6.33. The average Bonchev–Trinajstić information content (AvgIpc) is 2.73. The number of nitrogens with one attached hydrogen (secondary N) is 1. The minimum Gasteiger partial charge on any atom is -0.494 e. The van der Waals surface area contributed by atoms with Gasteiger partial charge >= 0.3 is 0 Å². The summed E-state index contributed by atoms with van der Waals surface area (Å²) < 4.78 is 5.77. The molecule has 1 heterocycles. The van der Waals surface area contributed by atoms with Gasteiger partial charge in [0.1, 0.15) is 17.9 Å². The van der Waals surface area contributed by atoms with Crippen molar-refractivity contribution >= 4 is 5.82 Å². The molecule has 0 bridgehead atoms. The Labute approximate surface area is 160 Å². The van der Waals surface area contributed by atoms with Crippen molar-refractivity contribution in [3.63, 3.8) is 0 Å². The van der Waals surface area contributed by atoms with Gasteiger partial charge in [0.15, 0.2) is 0 Å². The van der Waals surface area contributed by atoms with Crippen molar-refractivity contribution in [3.8, 4) is 17.0 Å². The minimum absolute atomic E-state index is 0.376. The number of hydrogen-bond donors (Lipinski definition) is 2. The summed E-state index contributed by atoms with van der Waals surface area (Å²) in [6.45, 7) is 3.23. The van der Waals surface area contributed by atoms with E-state index in [-0.39, 0.29) is 0 Å². The molecule has 0 aliphatic heterocycles. The number of hydrogen-bond acceptors (Lipinski definition) is 5. The molecule has 1 aromatic heterocycles. The fourth-order valence-electron chi connectivity index (χ4n) is 2.69. The highest BCUT2D eigenvalue weighted by atomic mass is 16.5. The summed E-state index contributed by atoms with van der Waals surface area (Å²) >= 11 is 0. The van der Waals surface area contributed by atoms with E-state index in [4.69, 9.17) is 4.74 Å². The first-order valence-electron chi connectivity index (χ1n) is 9.28. The van der Waals surface area contributed by atoms with E-state index < -0.39 is 6.10 Å². The SMILES string of the molecule is CCCCOc1cccc(-c2cc(NCC(O)c3ccccc3)ncn2)c1. The van der Waals surface area contributed by atoms with Crippen LogP contribution < -0.4 is 10.1 Å². The highest BCUT2D eigenvalue weighted by molar-refractivity contribution is 5.63. The molecular weight excluding hydrogens is 338 g/mol. The van der Waals surface area contributed by atoms with E-state index in [1.165, 1.54) is 6.33 Å². The molecule has 1 unspecified atom stereocenters. The van der Waals surface area contributed by atoms with Crippen LogP contribution in [-0.4, -0.2) is 28.2 Å². The Bertz CT molecular complexity index is 840. The van der Waals surface area contributed by atoms with Crippen molar-refractivity contribution in [1.82, 2.24) is 9.97 Å². The van der Waals surface area contributed by atoms with Crippen LogP contribution in [0.2, 0.25) is 0 Å². The van der Waals surface area contributed by atoms with E-state index >= 15 is 0 Å². The molecule has 0 saturated carbocycles. The van der Waals surface area contributed by atoms with Crippen LogP contribution in [0.3, 0.4) is 0 Å². The molecule has 0 spiro atoms. The third kappa shape index (κ3) is 5.53. The van der Waals surface area contributed by atoms with Gasteiger partial charge in [-0.2, -0.15) is 0 Å². The van der Waals surface area contributed by atoms with E-state index in [0.717, 1.165) is 35.4 Å². The first kappa shape index (κ1) is 18.9. The van der Waals surface area contributed by atoms with E-state index in [1.54, 1.807) is 0 Å². The maximum Gasteiger partial charge on any atom is 0.130 e. The van der Waals surface area contributed by atoms with Crippen molar-refractivity contribution in [2.45, 2.75) is 25.9 Å². The maximum absolute atomic E-state index is 10.3. The molecule has 3 aromatic rings. The van der Waals surface area contributed by atoms with Crippen LogP contribution >= 0.6 is 0 Å². The predicted octanol–water partition coefficient (Wildman–Crippen LogP) is 4.47. The molecule has 0 aliphatic rings.